The lowest BCUT2D eigenvalue weighted by Crippen LogP contribution is -2.47. The number of alkyl halides is 3. The van der Waals surface area contributed by atoms with Gasteiger partial charge in [-0.1, -0.05) is 44.0 Å². The van der Waals surface area contributed by atoms with E-state index in [1.54, 1.807) is 55.5 Å². The minimum atomic E-state index is -4.56. The predicted octanol–water partition coefficient (Wildman–Crippen LogP) is 6.91. The maximum atomic E-state index is 13.6. The molecule has 3 aromatic rings. The lowest BCUT2D eigenvalue weighted by molar-refractivity contribution is -0.137. The van der Waals surface area contributed by atoms with Crippen molar-refractivity contribution in [1.82, 2.24) is 0 Å². The van der Waals surface area contributed by atoms with E-state index >= 15 is 0 Å². The predicted molar refractivity (Wildman–Crippen MR) is 123 cm³/mol. The Labute approximate surface area is 199 Å². The van der Waals surface area contributed by atoms with Gasteiger partial charge in [-0.3, -0.25) is 9.80 Å². The molecule has 166 valence electrons. The number of anilines is 2. The number of aliphatic hydroxyl groups excluding tert-OH is 1. The van der Waals surface area contributed by atoms with E-state index in [2.05, 4.69) is 31.9 Å². The first-order valence-electron chi connectivity index (χ1n) is 9.54. The third-order valence-electron chi connectivity index (χ3n) is 5.57. The van der Waals surface area contributed by atoms with Crippen LogP contribution < -0.4 is 9.80 Å². The summed E-state index contributed by atoms with van der Waals surface area (Å²) in [7, 11) is 0. The van der Waals surface area contributed by atoms with E-state index < -0.39 is 29.5 Å². The van der Waals surface area contributed by atoms with Crippen LogP contribution in [0.4, 0.5) is 29.3 Å². The van der Waals surface area contributed by atoms with Gasteiger partial charge in [0.05, 0.1) is 5.56 Å². The molecular weight excluding hydrogens is 553 g/mol. The summed E-state index contributed by atoms with van der Waals surface area (Å²) in [6.07, 6.45) is -6.02. The van der Waals surface area contributed by atoms with Crippen molar-refractivity contribution < 1.29 is 23.1 Å². The Hall–Kier alpha value is -2.36. The van der Waals surface area contributed by atoms with Crippen molar-refractivity contribution in [1.29, 1.82) is 0 Å². The van der Waals surface area contributed by atoms with Gasteiger partial charge >= 0.3 is 12.2 Å². The summed E-state index contributed by atoms with van der Waals surface area (Å²) >= 11 is 6.69. The minimum absolute atomic E-state index is 0.163. The van der Waals surface area contributed by atoms with Gasteiger partial charge in [0, 0.05) is 20.3 Å². The molecule has 1 N–H and O–H groups in total. The number of hydrogen-bond donors (Lipinski definition) is 1. The van der Waals surface area contributed by atoms with E-state index in [4.69, 9.17) is 0 Å². The number of amides is 2. The fraction of sp³-hybridized carbons (Fsp3) is 0.174. The van der Waals surface area contributed by atoms with Crippen LogP contribution in [-0.4, -0.2) is 17.4 Å². The second-order valence-electron chi connectivity index (χ2n) is 7.54. The molecule has 0 spiro atoms. The SMILES string of the molecule is CC1(c2cccc(C(F)(F)F)c2)C(O)N(c2ccc(Br)cc2)C(=O)N1c1ccc(Br)cc1. The van der Waals surface area contributed by atoms with Crippen molar-refractivity contribution in [3.05, 3.63) is 92.9 Å². The van der Waals surface area contributed by atoms with Crippen LogP contribution in [0.5, 0.6) is 0 Å². The summed E-state index contributed by atoms with van der Waals surface area (Å²) in [6, 6.07) is 17.7. The van der Waals surface area contributed by atoms with Gasteiger partial charge in [0.25, 0.3) is 0 Å². The molecule has 2 atom stereocenters. The van der Waals surface area contributed by atoms with E-state index in [1.165, 1.54) is 21.9 Å². The maximum absolute atomic E-state index is 13.6. The summed E-state index contributed by atoms with van der Waals surface area (Å²) in [5.74, 6) is 0. The first kappa shape index (κ1) is 22.8. The monoisotopic (exact) mass is 568 g/mol. The number of rotatable bonds is 3. The third-order valence-corrected chi connectivity index (χ3v) is 6.63. The molecule has 0 saturated carbocycles. The molecule has 1 saturated heterocycles. The van der Waals surface area contributed by atoms with Crippen molar-refractivity contribution in [2.24, 2.45) is 0 Å². The highest BCUT2D eigenvalue weighted by atomic mass is 79.9. The number of halogens is 5. The first-order chi connectivity index (χ1) is 15.0. The van der Waals surface area contributed by atoms with Gasteiger partial charge in [-0.2, -0.15) is 13.2 Å². The van der Waals surface area contributed by atoms with Crippen LogP contribution in [0.3, 0.4) is 0 Å². The van der Waals surface area contributed by atoms with Crippen LogP contribution in [0.1, 0.15) is 18.1 Å². The Kier molecular flexibility index (Phi) is 5.85. The average molecular weight is 570 g/mol. The van der Waals surface area contributed by atoms with Gasteiger partial charge in [0.15, 0.2) is 6.23 Å². The summed E-state index contributed by atoms with van der Waals surface area (Å²) < 4.78 is 41.9. The molecule has 1 aliphatic rings. The van der Waals surface area contributed by atoms with Crippen molar-refractivity contribution in [2.75, 3.05) is 9.80 Å². The highest BCUT2D eigenvalue weighted by molar-refractivity contribution is 9.10. The van der Waals surface area contributed by atoms with Gasteiger partial charge < -0.3 is 5.11 Å². The Bertz CT molecular complexity index is 1150. The number of carbonyl (C=O) groups excluding carboxylic acids is 1. The standard InChI is InChI=1S/C23H17Br2F3N2O2/c1-22(14-3-2-4-15(13-14)23(26,27)28)20(31)29(18-9-5-16(24)6-10-18)21(32)30(22)19-11-7-17(25)8-12-19/h2-13,20,31H,1H3. The lowest BCUT2D eigenvalue weighted by atomic mass is 9.87. The van der Waals surface area contributed by atoms with Gasteiger partial charge in [-0.25, -0.2) is 4.79 Å². The second-order valence-corrected chi connectivity index (χ2v) is 9.37. The average Bonchev–Trinajstić information content (AvgIpc) is 2.95. The number of urea groups is 1. The highest BCUT2D eigenvalue weighted by Gasteiger charge is 2.56. The molecule has 1 aliphatic heterocycles. The van der Waals surface area contributed by atoms with Crippen LogP contribution >= 0.6 is 31.9 Å². The Morgan fingerprint density at radius 2 is 1.44 bits per heavy atom. The Balaban J connectivity index is 1.91. The number of benzene rings is 3. The fourth-order valence-corrected chi connectivity index (χ4v) is 4.42. The Morgan fingerprint density at radius 1 is 0.906 bits per heavy atom. The molecule has 3 aromatic carbocycles. The van der Waals surface area contributed by atoms with Crippen LogP contribution in [0.25, 0.3) is 0 Å². The van der Waals surface area contributed by atoms with Crippen molar-refractivity contribution in [2.45, 2.75) is 24.9 Å². The molecule has 4 nitrogen and oxygen atoms in total. The molecule has 0 radical (unpaired) electrons. The van der Waals surface area contributed by atoms with Gasteiger partial charge in [-0.15, -0.1) is 0 Å². The fourth-order valence-electron chi connectivity index (χ4n) is 3.89. The minimum Gasteiger partial charge on any atom is -0.370 e. The topological polar surface area (TPSA) is 43.8 Å². The van der Waals surface area contributed by atoms with E-state index in [-0.39, 0.29) is 5.56 Å². The molecule has 1 fully saturated rings. The lowest BCUT2D eigenvalue weighted by Gasteiger charge is -2.36. The van der Waals surface area contributed by atoms with Crippen LogP contribution in [0.2, 0.25) is 0 Å². The van der Waals surface area contributed by atoms with Gasteiger partial charge in [0.2, 0.25) is 0 Å². The van der Waals surface area contributed by atoms with E-state index in [0.29, 0.717) is 11.4 Å². The summed E-state index contributed by atoms with van der Waals surface area (Å²) in [6.45, 7) is 1.56. The van der Waals surface area contributed by atoms with Crippen LogP contribution in [0.15, 0.2) is 81.7 Å². The first-order valence-corrected chi connectivity index (χ1v) is 11.1. The third kappa shape index (κ3) is 3.82. The molecule has 0 aliphatic carbocycles. The molecule has 32 heavy (non-hydrogen) atoms. The molecule has 2 unspecified atom stereocenters. The van der Waals surface area contributed by atoms with E-state index in [9.17, 15) is 23.1 Å². The molecular formula is C23H17Br2F3N2O2. The molecule has 1 heterocycles. The quantitative estimate of drug-likeness (QED) is 0.372. The number of hydrogen-bond acceptors (Lipinski definition) is 2. The van der Waals surface area contributed by atoms with Gasteiger partial charge in [-0.05, 0) is 73.2 Å². The van der Waals surface area contributed by atoms with Crippen LogP contribution in [-0.2, 0) is 11.7 Å². The smallest absolute Gasteiger partial charge is 0.370 e. The molecule has 0 bridgehead atoms. The largest absolute Gasteiger partial charge is 0.416 e. The molecule has 9 heteroatoms. The number of carbonyl (C=O) groups is 1. The second kappa shape index (κ2) is 8.20. The maximum Gasteiger partial charge on any atom is 0.416 e. The normalized spacial score (nSPS) is 21.3. The van der Waals surface area contributed by atoms with E-state index in [1.807, 2.05) is 0 Å². The Morgan fingerprint density at radius 3 is 1.97 bits per heavy atom. The molecule has 2 amide bonds. The summed E-state index contributed by atoms with van der Waals surface area (Å²) in [5, 5.41) is 11.4. The molecule has 4 rings (SSSR count). The zero-order valence-corrected chi connectivity index (χ0v) is 19.8. The summed E-state index contributed by atoms with van der Waals surface area (Å²) in [5.41, 5.74) is -1.33. The summed E-state index contributed by atoms with van der Waals surface area (Å²) in [4.78, 5) is 16.1. The van der Waals surface area contributed by atoms with Gasteiger partial charge in [0.1, 0.15) is 5.54 Å². The van der Waals surface area contributed by atoms with E-state index in [0.717, 1.165) is 21.1 Å². The number of aliphatic hydroxyl groups is 1. The van der Waals surface area contributed by atoms with Crippen molar-refractivity contribution in [3.8, 4) is 0 Å². The highest BCUT2D eigenvalue weighted by Crippen LogP contribution is 2.46. The van der Waals surface area contributed by atoms with Crippen LogP contribution in [0, 0.1) is 0 Å². The molecule has 0 aromatic heterocycles. The van der Waals surface area contributed by atoms with Crippen molar-refractivity contribution in [3.63, 3.8) is 0 Å². The zero-order chi connectivity index (χ0) is 23.3. The number of nitrogens with zero attached hydrogens (tertiary/aromatic N) is 2. The zero-order valence-electron chi connectivity index (χ0n) is 16.6. The van der Waals surface area contributed by atoms with Crippen molar-refractivity contribution >= 4 is 49.3 Å².